The first-order valence-corrected chi connectivity index (χ1v) is 7.49. The van der Waals surface area contributed by atoms with E-state index < -0.39 is 0 Å². The minimum Gasteiger partial charge on any atom is -0.303 e. The molecule has 0 radical (unpaired) electrons. The normalized spacial score (nSPS) is 13.0. The van der Waals surface area contributed by atoms with Crippen molar-refractivity contribution in [1.82, 2.24) is 14.9 Å². The first-order chi connectivity index (χ1) is 9.65. The second-order valence-corrected chi connectivity index (χ2v) is 6.00. The number of hydrogen-bond donors (Lipinski definition) is 0. The average Bonchev–Trinajstić information content (AvgIpc) is 2.94. The van der Waals surface area contributed by atoms with Gasteiger partial charge in [0.2, 0.25) is 0 Å². The lowest BCUT2D eigenvalue weighted by Crippen LogP contribution is -2.16. The third-order valence-electron chi connectivity index (χ3n) is 3.69. The lowest BCUT2D eigenvalue weighted by molar-refractivity contribution is 0.321. The number of pyridine rings is 1. The quantitative estimate of drug-likeness (QED) is 0.728. The molecule has 0 fully saturated rings. The Morgan fingerprint density at radius 3 is 2.50 bits per heavy atom. The van der Waals surface area contributed by atoms with Gasteiger partial charge >= 0.3 is 0 Å². The fourth-order valence-electron chi connectivity index (χ4n) is 2.17. The zero-order chi connectivity index (χ0) is 14.1. The Hall–Kier alpha value is -1.78. The molecular formula is C16H17N3S. The number of aromatic nitrogens is 2. The number of rotatable bonds is 3. The number of nitrogens with zero attached hydrogens (tertiary/aromatic N) is 3. The summed E-state index contributed by atoms with van der Waals surface area (Å²) in [6.07, 6.45) is 1.92. The maximum Gasteiger partial charge on any atom is 0.143 e. The number of fused-ring (bicyclic) bond motifs is 1. The second-order valence-electron chi connectivity index (χ2n) is 5.16. The van der Waals surface area contributed by atoms with Gasteiger partial charge in [0.05, 0.1) is 5.51 Å². The molecule has 1 aromatic carbocycles. The zero-order valence-electron chi connectivity index (χ0n) is 11.9. The molecular weight excluding hydrogens is 266 g/mol. The molecule has 4 heteroatoms. The van der Waals surface area contributed by atoms with Crippen molar-refractivity contribution in [2.75, 3.05) is 14.1 Å². The molecule has 3 aromatic rings. The molecule has 0 bridgehead atoms. The van der Waals surface area contributed by atoms with Crippen molar-refractivity contribution >= 4 is 21.7 Å². The third-order valence-corrected chi connectivity index (χ3v) is 4.44. The minimum atomic E-state index is 0.420. The average molecular weight is 283 g/mol. The van der Waals surface area contributed by atoms with Gasteiger partial charge in [0.15, 0.2) is 0 Å². The molecule has 0 aliphatic heterocycles. The molecule has 0 unspecified atom stereocenters. The molecule has 3 nitrogen and oxygen atoms in total. The van der Waals surface area contributed by atoms with Gasteiger partial charge in [-0.1, -0.05) is 24.3 Å². The lowest BCUT2D eigenvalue weighted by Gasteiger charge is -2.20. The van der Waals surface area contributed by atoms with Crippen molar-refractivity contribution < 1.29 is 0 Å². The van der Waals surface area contributed by atoms with Crippen LogP contribution in [-0.2, 0) is 0 Å². The summed E-state index contributed by atoms with van der Waals surface area (Å²) in [5, 5.41) is 0. The third kappa shape index (κ3) is 2.44. The molecule has 0 spiro atoms. The Balaban J connectivity index is 1.94. The second kappa shape index (κ2) is 5.31. The van der Waals surface area contributed by atoms with Crippen molar-refractivity contribution in [3.05, 3.63) is 47.6 Å². The molecule has 0 N–H and O–H groups in total. The van der Waals surface area contributed by atoms with Crippen molar-refractivity contribution in [3.8, 4) is 11.1 Å². The van der Waals surface area contributed by atoms with Gasteiger partial charge in [0, 0.05) is 17.8 Å². The summed E-state index contributed by atoms with van der Waals surface area (Å²) in [4.78, 5) is 12.0. The molecule has 0 aliphatic rings. The molecule has 3 rings (SSSR count). The van der Waals surface area contributed by atoms with Crippen LogP contribution in [0.1, 0.15) is 18.5 Å². The van der Waals surface area contributed by atoms with Gasteiger partial charge in [0.25, 0.3) is 0 Å². The number of hydrogen-bond acceptors (Lipinski definition) is 4. The van der Waals surface area contributed by atoms with Gasteiger partial charge < -0.3 is 4.90 Å². The van der Waals surface area contributed by atoms with E-state index in [2.05, 4.69) is 66.2 Å². The Bertz CT molecular complexity index is 716. The fourth-order valence-corrected chi connectivity index (χ4v) is 2.78. The van der Waals surface area contributed by atoms with Gasteiger partial charge in [-0.25, -0.2) is 9.97 Å². The van der Waals surface area contributed by atoms with Gasteiger partial charge in [0.1, 0.15) is 10.3 Å². The fraction of sp³-hybridized carbons (Fsp3) is 0.250. The number of benzene rings is 1. The summed E-state index contributed by atoms with van der Waals surface area (Å²) >= 11 is 1.57. The van der Waals surface area contributed by atoms with E-state index in [1.807, 2.05) is 11.7 Å². The molecule has 102 valence electrons. The van der Waals surface area contributed by atoms with Crippen LogP contribution in [0, 0.1) is 0 Å². The molecule has 0 amide bonds. The Morgan fingerprint density at radius 2 is 1.80 bits per heavy atom. The highest BCUT2D eigenvalue weighted by Crippen LogP contribution is 2.26. The predicted molar refractivity (Wildman–Crippen MR) is 85.0 cm³/mol. The molecule has 1 atom stereocenters. The van der Waals surface area contributed by atoms with Crippen LogP contribution in [0.15, 0.2) is 42.0 Å². The first kappa shape index (κ1) is 13.2. The number of thiazole rings is 1. The summed E-state index contributed by atoms with van der Waals surface area (Å²) in [6, 6.07) is 11.2. The van der Waals surface area contributed by atoms with Crippen LogP contribution in [0.2, 0.25) is 0 Å². The molecule has 20 heavy (non-hydrogen) atoms. The van der Waals surface area contributed by atoms with Gasteiger partial charge in [-0.15, -0.1) is 11.3 Å². The summed E-state index contributed by atoms with van der Waals surface area (Å²) in [5.74, 6) is 0. The Kier molecular flexibility index (Phi) is 3.51. The Labute approximate surface area is 122 Å². The van der Waals surface area contributed by atoms with Gasteiger partial charge in [-0.3, -0.25) is 0 Å². The monoisotopic (exact) mass is 283 g/mol. The smallest absolute Gasteiger partial charge is 0.143 e. The van der Waals surface area contributed by atoms with Crippen LogP contribution in [-0.4, -0.2) is 29.0 Å². The highest BCUT2D eigenvalue weighted by Gasteiger charge is 2.08. The molecule has 2 aromatic heterocycles. The van der Waals surface area contributed by atoms with E-state index in [1.54, 1.807) is 11.3 Å². The van der Waals surface area contributed by atoms with E-state index in [4.69, 9.17) is 0 Å². The van der Waals surface area contributed by atoms with E-state index >= 15 is 0 Å². The van der Waals surface area contributed by atoms with E-state index in [1.165, 1.54) is 11.1 Å². The van der Waals surface area contributed by atoms with Crippen LogP contribution in [0.25, 0.3) is 21.5 Å². The zero-order valence-corrected chi connectivity index (χ0v) is 12.7. The van der Waals surface area contributed by atoms with Crippen molar-refractivity contribution in [2.24, 2.45) is 0 Å². The van der Waals surface area contributed by atoms with Crippen LogP contribution in [0.5, 0.6) is 0 Å². The van der Waals surface area contributed by atoms with E-state index in [-0.39, 0.29) is 0 Å². The molecule has 0 aliphatic carbocycles. The van der Waals surface area contributed by atoms with Crippen LogP contribution < -0.4 is 0 Å². The highest BCUT2D eigenvalue weighted by molar-refractivity contribution is 7.16. The van der Waals surface area contributed by atoms with Gasteiger partial charge in [-0.05, 0) is 38.2 Å². The minimum absolute atomic E-state index is 0.420. The lowest BCUT2D eigenvalue weighted by atomic mass is 10.0. The van der Waals surface area contributed by atoms with E-state index in [0.717, 1.165) is 15.9 Å². The van der Waals surface area contributed by atoms with Crippen molar-refractivity contribution in [2.45, 2.75) is 13.0 Å². The molecule has 0 saturated carbocycles. The van der Waals surface area contributed by atoms with Crippen LogP contribution in [0.4, 0.5) is 0 Å². The topological polar surface area (TPSA) is 29.0 Å². The summed E-state index contributed by atoms with van der Waals surface area (Å²) in [5.41, 5.74) is 6.43. The van der Waals surface area contributed by atoms with E-state index in [0.29, 0.717) is 6.04 Å². The predicted octanol–water partition coefficient (Wildman–Crippen LogP) is 3.98. The molecule has 0 saturated heterocycles. The maximum atomic E-state index is 4.45. The first-order valence-electron chi connectivity index (χ1n) is 6.61. The Morgan fingerprint density at radius 1 is 1.05 bits per heavy atom. The SMILES string of the molecule is C[C@H](c1ccc(-c2cnc3scnc3c2)cc1)N(C)C. The standard InChI is InChI=1S/C16H17N3S/c1-11(19(2)3)12-4-6-13(7-5-12)14-8-15-16(17-9-14)20-10-18-15/h4-11H,1-3H3/t11-/m1/s1. The van der Waals surface area contributed by atoms with Crippen LogP contribution in [0.3, 0.4) is 0 Å². The summed E-state index contributed by atoms with van der Waals surface area (Å²) < 4.78 is 0. The summed E-state index contributed by atoms with van der Waals surface area (Å²) in [6.45, 7) is 2.21. The molecule has 2 heterocycles. The summed E-state index contributed by atoms with van der Waals surface area (Å²) in [7, 11) is 4.19. The van der Waals surface area contributed by atoms with Crippen molar-refractivity contribution in [3.63, 3.8) is 0 Å². The highest BCUT2D eigenvalue weighted by atomic mass is 32.1. The van der Waals surface area contributed by atoms with Crippen LogP contribution >= 0.6 is 11.3 Å². The van der Waals surface area contributed by atoms with Crippen molar-refractivity contribution in [1.29, 1.82) is 0 Å². The van der Waals surface area contributed by atoms with Gasteiger partial charge in [-0.2, -0.15) is 0 Å². The van der Waals surface area contributed by atoms with E-state index in [9.17, 15) is 0 Å². The maximum absolute atomic E-state index is 4.45. The largest absolute Gasteiger partial charge is 0.303 e.